The second-order valence-electron chi connectivity index (χ2n) is 9.99. The standard InChI is InChI=1S/C26H59N2O3Si/c1-6-7-8-9-10-11-12-13-14-15-16-17-18-19-20-22-25-28(2,3)32(29-4,30-5)31-26-23-21-24-27/h6-27H2,1-5H3/q+1. The molecule has 0 atom stereocenters. The fraction of sp³-hybridized carbons (Fsp3) is 1.00. The first-order chi connectivity index (χ1) is 15.5. The van der Waals surface area contributed by atoms with Gasteiger partial charge in [-0.3, -0.25) is 0 Å². The Labute approximate surface area is 202 Å². The van der Waals surface area contributed by atoms with E-state index in [1.54, 1.807) is 14.2 Å². The van der Waals surface area contributed by atoms with Crippen LogP contribution in [0.2, 0.25) is 0 Å². The summed E-state index contributed by atoms with van der Waals surface area (Å²) in [6.07, 6.45) is 24.3. The zero-order valence-electron chi connectivity index (χ0n) is 22.6. The number of unbranched alkanes of at least 4 members (excludes halogenated alkanes) is 16. The van der Waals surface area contributed by atoms with Crippen LogP contribution in [0.25, 0.3) is 0 Å². The maximum atomic E-state index is 6.19. The summed E-state index contributed by atoms with van der Waals surface area (Å²) in [5, 5.41) is 0. The van der Waals surface area contributed by atoms with Crippen molar-refractivity contribution >= 4 is 8.97 Å². The van der Waals surface area contributed by atoms with E-state index >= 15 is 0 Å². The molecule has 0 aliphatic heterocycles. The van der Waals surface area contributed by atoms with Crippen LogP contribution < -0.4 is 5.73 Å². The summed E-state index contributed by atoms with van der Waals surface area (Å²) in [7, 11) is 5.10. The van der Waals surface area contributed by atoms with Crippen molar-refractivity contribution in [1.82, 2.24) is 0 Å². The molecule has 0 amide bonds. The summed E-state index contributed by atoms with van der Waals surface area (Å²) in [4.78, 5) is 0. The van der Waals surface area contributed by atoms with E-state index in [1.165, 1.54) is 103 Å². The SMILES string of the molecule is CCCCCCCCCCCCCCCCCC[N+](C)(C)[Si](OC)(OC)OCCCCN. The van der Waals surface area contributed by atoms with E-state index in [9.17, 15) is 0 Å². The van der Waals surface area contributed by atoms with Crippen LogP contribution in [0.15, 0.2) is 0 Å². The third-order valence-corrected chi connectivity index (χ3v) is 10.0. The molecule has 0 aromatic carbocycles. The molecule has 194 valence electrons. The molecule has 0 spiro atoms. The minimum Gasteiger partial charge on any atom is -0.330 e. The average Bonchev–Trinajstić information content (AvgIpc) is 2.79. The van der Waals surface area contributed by atoms with E-state index < -0.39 is 8.97 Å². The molecule has 0 saturated carbocycles. The molecule has 0 aliphatic rings. The van der Waals surface area contributed by atoms with Crippen LogP contribution in [0.1, 0.15) is 122 Å². The van der Waals surface area contributed by atoms with Crippen LogP contribution in [0.3, 0.4) is 0 Å². The van der Waals surface area contributed by atoms with Crippen LogP contribution in [0.5, 0.6) is 0 Å². The van der Waals surface area contributed by atoms with Crippen molar-refractivity contribution in [3.63, 3.8) is 0 Å². The topological polar surface area (TPSA) is 53.7 Å². The van der Waals surface area contributed by atoms with E-state index in [-0.39, 0.29) is 0 Å². The Bertz CT molecular complexity index is 393. The molecule has 0 heterocycles. The maximum Gasteiger partial charge on any atom is 0.783 e. The number of nitrogens with two attached hydrogens (primary N) is 1. The van der Waals surface area contributed by atoms with E-state index in [4.69, 9.17) is 19.0 Å². The highest BCUT2D eigenvalue weighted by Crippen LogP contribution is 2.22. The lowest BCUT2D eigenvalue weighted by Crippen LogP contribution is -2.69. The monoisotopic (exact) mass is 475 g/mol. The van der Waals surface area contributed by atoms with Crippen LogP contribution in [-0.4, -0.2) is 61.1 Å². The number of hydrogen-bond donors (Lipinski definition) is 1. The van der Waals surface area contributed by atoms with Gasteiger partial charge < -0.3 is 23.2 Å². The van der Waals surface area contributed by atoms with Gasteiger partial charge in [-0.2, -0.15) is 0 Å². The van der Waals surface area contributed by atoms with Crippen LogP contribution in [-0.2, 0) is 13.3 Å². The predicted molar refractivity (Wildman–Crippen MR) is 141 cm³/mol. The number of hydrogen-bond acceptors (Lipinski definition) is 4. The van der Waals surface area contributed by atoms with Gasteiger partial charge in [0.15, 0.2) is 0 Å². The lowest BCUT2D eigenvalue weighted by atomic mass is 10.0. The minimum atomic E-state index is -2.73. The van der Waals surface area contributed by atoms with Gasteiger partial charge in [-0.05, 0) is 32.2 Å². The molecule has 0 aromatic heterocycles. The van der Waals surface area contributed by atoms with E-state index in [0.717, 1.165) is 19.4 Å². The summed E-state index contributed by atoms with van der Waals surface area (Å²) in [6.45, 7) is 4.68. The first kappa shape index (κ1) is 32.0. The Morgan fingerprint density at radius 1 is 0.594 bits per heavy atom. The third kappa shape index (κ3) is 15.0. The van der Waals surface area contributed by atoms with Crippen molar-refractivity contribution in [2.75, 3.05) is 48.0 Å². The first-order valence-corrected chi connectivity index (χ1v) is 15.4. The molecule has 0 saturated heterocycles. The molecular weight excluding hydrogens is 416 g/mol. The van der Waals surface area contributed by atoms with Crippen molar-refractivity contribution in [3.8, 4) is 0 Å². The fourth-order valence-corrected chi connectivity index (χ4v) is 7.08. The van der Waals surface area contributed by atoms with Crippen LogP contribution >= 0.6 is 0 Å². The second kappa shape index (κ2) is 21.5. The van der Waals surface area contributed by atoms with Crippen molar-refractivity contribution < 1.29 is 17.4 Å². The van der Waals surface area contributed by atoms with Gasteiger partial charge in [-0.1, -0.05) is 96.8 Å². The summed E-state index contributed by atoms with van der Waals surface area (Å²) in [5.41, 5.74) is 5.59. The van der Waals surface area contributed by atoms with Crippen LogP contribution in [0, 0.1) is 0 Å². The minimum absolute atomic E-state index is 0.658. The average molecular weight is 476 g/mol. The van der Waals surface area contributed by atoms with E-state index in [0.29, 0.717) is 17.3 Å². The first-order valence-electron chi connectivity index (χ1n) is 13.8. The zero-order chi connectivity index (χ0) is 24.0. The number of quaternary nitrogens is 1. The normalized spacial score (nSPS) is 12.6. The highest BCUT2D eigenvalue weighted by molar-refractivity contribution is 6.52. The molecule has 0 unspecified atom stereocenters. The molecular formula is C26H59N2O3Si+. The maximum absolute atomic E-state index is 6.19. The second-order valence-corrected chi connectivity index (χ2v) is 13.4. The molecule has 0 aliphatic carbocycles. The van der Waals surface area contributed by atoms with Gasteiger partial charge in [0, 0.05) is 20.8 Å². The van der Waals surface area contributed by atoms with Gasteiger partial charge in [0.05, 0.1) is 20.6 Å². The predicted octanol–water partition coefficient (Wildman–Crippen LogP) is 6.81. The van der Waals surface area contributed by atoms with Gasteiger partial charge in [0.2, 0.25) is 0 Å². The molecule has 5 nitrogen and oxygen atoms in total. The van der Waals surface area contributed by atoms with Crippen LogP contribution in [0.4, 0.5) is 0 Å². The summed E-state index contributed by atoms with van der Waals surface area (Å²) >= 11 is 0. The Morgan fingerprint density at radius 3 is 1.38 bits per heavy atom. The Morgan fingerprint density at radius 2 is 1.00 bits per heavy atom. The number of rotatable bonds is 25. The smallest absolute Gasteiger partial charge is 0.330 e. The molecule has 32 heavy (non-hydrogen) atoms. The lowest BCUT2D eigenvalue weighted by Gasteiger charge is -2.40. The van der Waals surface area contributed by atoms with Crippen molar-refractivity contribution in [1.29, 1.82) is 0 Å². The largest absolute Gasteiger partial charge is 0.783 e. The van der Waals surface area contributed by atoms with Crippen molar-refractivity contribution in [2.45, 2.75) is 122 Å². The zero-order valence-corrected chi connectivity index (χ0v) is 23.6. The third-order valence-electron chi connectivity index (χ3n) is 6.71. The molecule has 0 bridgehead atoms. The Kier molecular flexibility index (Phi) is 21.6. The van der Waals surface area contributed by atoms with Gasteiger partial charge >= 0.3 is 8.97 Å². The molecule has 0 aromatic rings. The molecule has 2 N–H and O–H groups in total. The number of nitrogens with zero attached hydrogens (tertiary/aromatic N) is 1. The lowest BCUT2D eigenvalue weighted by molar-refractivity contribution is -0.819. The summed E-state index contributed by atoms with van der Waals surface area (Å²) in [6, 6.07) is 0. The van der Waals surface area contributed by atoms with Gasteiger partial charge in [-0.15, -0.1) is 0 Å². The fourth-order valence-electron chi connectivity index (χ4n) is 4.51. The molecule has 0 fully saturated rings. The van der Waals surface area contributed by atoms with E-state index in [2.05, 4.69) is 21.0 Å². The highest BCUT2D eigenvalue weighted by Gasteiger charge is 2.60. The summed E-state index contributed by atoms with van der Waals surface area (Å²) in [5.74, 6) is 0. The van der Waals surface area contributed by atoms with Crippen molar-refractivity contribution in [2.24, 2.45) is 5.73 Å². The van der Waals surface area contributed by atoms with Gasteiger partial charge in [0.25, 0.3) is 0 Å². The summed E-state index contributed by atoms with van der Waals surface area (Å²) < 4.78 is 18.6. The quantitative estimate of drug-likeness (QED) is 0.116. The van der Waals surface area contributed by atoms with Gasteiger partial charge in [0.1, 0.15) is 0 Å². The molecule has 0 rings (SSSR count). The Hall–Kier alpha value is 0.0169. The molecule has 0 radical (unpaired) electrons. The Balaban J connectivity index is 3.74. The molecule has 6 heteroatoms. The highest BCUT2D eigenvalue weighted by atomic mass is 28.4. The van der Waals surface area contributed by atoms with Gasteiger partial charge in [-0.25, -0.2) is 0 Å². The van der Waals surface area contributed by atoms with Crippen molar-refractivity contribution in [3.05, 3.63) is 0 Å². The van der Waals surface area contributed by atoms with E-state index in [1.807, 2.05) is 0 Å².